The minimum Gasteiger partial charge on any atom is -0.440 e. The van der Waals surface area contributed by atoms with Crippen LogP contribution in [0, 0.1) is 6.92 Å². The molecule has 3 rings (SSSR count). The molecular formula is C14H10ClN3O3. The predicted molar refractivity (Wildman–Crippen MR) is 75.2 cm³/mol. The molecule has 2 heterocycles. The van der Waals surface area contributed by atoms with Crippen LogP contribution in [0.1, 0.15) is 16.4 Å². The minimum atomic E-state index is -0.635. The number of hydrogen-bond acceptors (Lipinski definition) is 5. The maximum atomic E-state index is 12.2. The molecule has 3 aromatic rings. The number of carbonyl (C=O) groups is 1. The average Bonchev–Trinajstić information content (AvgIpc) is 3.09. The molecule has 0 amide bonds. The normalized spacial score (nSPS) is 10.6. The first-order chi connectivity index (χ1) is 10.1. The number of aromatic nitrogens is 3. The fourth-order valence-electron chi connectivity index (χ4n) is 1.81. The average molecular weight is 304 g/mol. The second kappa shape index (κ2) is 5.41. The van der Waals surface area contributed by atoms with E-state index in [1.165, 1.54) is 6.07 Å². The van der Waals surface area contributed by atoms with E-state index in [-0.39, 0.29) is 11.6 Å². The molecule has 1 N–H and O–H groups in total. The fourth-order valence-corrected chi connectivity index (χ4v) is 1.94. The van der Waals surface area contributed by atoms with Crippen molar-refractivity contribution < 1.29 is 13.9 Å². The molecule has 0 aliphatic rings. The Bertz CT molecular complexity index is 763. The van der Waals surface area contributed by atoms with Crippen LogP contribution in [0.4, 0.5) is 0 Å². The van der Waals surface area contributed by atoms with Gasteiger partial charge in [-0.3, -0.25) is 5.10 Å². The standard InChI is InChI=1S/C14H10ClN3O3/c1-8-17-12(14(19)21-11-6-7-16-18-11)13(20-8)9-2-4-10(15)5-3-9/h2-7H,1H3,(H,16,18). The van der Waals surface area contributed by atoms with Crippen molar-refractivity contribution in [2.75, 3.05) is 0 Å². The molecule has 106 valence electrons. The summed E-state index contributed by atoms with van der Waals surface area (Å²) >= 11 is 5.85. The van der Waals surface area contributed by atoms with E-state index in [0.29, 0.717) is 22.2 Å². The Morgan fingerprint density at radius 1 is 1.29 bits per heavy atom. The molecule has 7 heteroatoms. The number of nitrogens with one attached hydrogen (secondary N) is 1. The van der Waals surface area contributed by atoms with Crippen LogP contribution in [0.15, 0.2) is 40.9 Å². The Kier molecular flexibility index (Phi) is 3.45. The third-order valence-electron chi connectivity index (χ3n) is 2.71. The molecule has 1 aromatic carbocycles. The number of hydrogen-bond donors (Lipinski definition) is 1. The van der Waals surface area contributed by atoms with Crippen molar-refractivity contribution in [2.24, 2.45) is 0 Å². The Hall–Kier alpha value is -2.60. The van der Waals surface area contributed by atoms with Crippen LogP contribution in [0.2, 0.25) is 5.02 Å². The Morgan fingerprint density at radius 2 is 2.05 bits per heavy atom. The van der Waals surface area contributed by atoms with Crippen molar-refractivity contribution in [3.05, 3.63) is 53.1 Å². The quantitative estimate of drug-likeness (QED) is 0.751. The van der Waals surface area contributed by atoms with Crippen molar-refractivity contribution in [1.82, 2.24) is 15.2 Å². The number of aryl methyl sites for hydroxylation is 1. The summed E-state index contributed by atoms with van der Waals surface area (Å²) in [6, 6.07) is 8.43. The molecule has 21 heavy (non-hydrogen) atoms. The monoisotopic (exact) mass is 303 g/mol. The first kappa shape index (κ1) is 13.4. The first-order valence-electron chi connectivity index (χ1n) is 6.09. The van der Waals surface area contributed by atoms with Gasteiger partial charge in [0.25, 0.3) is 0 Å². The second-order valence-corrected chi connectivity index (χ2v) is 4.66. The Labute approximate surface area is 124 Å². The lowest BCUT2D eigenvalue weighted by Crippen LogP contribution is -2.10. The van der Waals surface area contributed by atoms with Crippen LogP contribution >= 0.6 is 11.6 Å². The molecule has 0 saturated heterocycles. The van der Waals surface area contributed by atoms with Gasteiger partial charge in [0.05, 0.1) is 0 Å². The minimum absolute atomic E-state index is 0.0952. The molecule has 0 aliphatic carbocycles. The van der Waals surface area contributed by atoms with Crippen molar-refractivity contribution in [3.8, 4) is 17.2 Å². The van der Waals surface area contributed by atoms with Gasteiger partial charge < -0.3 is 9.15 Å². The third kappa shape index (κ3) is 2.80. The number of H-pyrrole nitrogens is 1. The molecule has 0 fully saturated rings. The summed E-state index contributed by atoms with van der Waals surface area (Å²) in [5, 5.41) is 6.91. The Balaban J connectivity index is 1.95. The molecule has 0 saturated carbocycles. The number of rotatable bonds is 3. The number of ether oxygens (including phenoxy) is 1. The van der Waals surface area contributed by atoms with Gasteiger partial charge in [-0.05, 0) is 24.3 Å². The molecule has 2 aromatic heterocycles. The Morgan fingerprint density at radius 3 is 2.71 bits per heavy atom. The van der Waals surface area contributed by atoms with Gasteiger partial charge in [-0.1, -0.05) is 11.6 Å². The summed E-state index contributed by atoms with van der Waals surface area (Å²) in [4.78, 5) is 16.2. The topological polar surface area (TPSA) is 81.0 Å². The largest absolute Gasteiger partial charge is 0.440 e. The van der Waals surface area contributed by atoms with Crippen molar-refractivity contribution in [3.63, 3.8) is 0 Å². The zero-order valence-corrected chi connectivity index (χ0v) is 11.7. The van der Waals surface area contributed by atoms with E-state index >= 15 is 0 Å². The summed E-state index contributed by atoms with van der Waals surface area (Å²) in [6.45, 7) is 1.66. The third-order valence-corrected chi connectivity index (χ3v) is 2.96. The molecule has 0 radical (unpaired) electrons. The van der Waals surface area contributed by atoms with Gasteiger partial charge >= 0.3 is 5.97 Å². The van der Waals surface area contributed by atoms with Crippen LogP contribution in [0.25, 0.3) is 11.3 Å². The van der Waals surface area contributed by atoms with Gasteiger partial charge in [0, 0.05) is 29.8 Å². The number of oxazole rings is 1. The molecule has 0 atom stereocenters. The highest BCUT2D eigenvalue weighted by atomic mass is 35.5. The lowest BCUT2D eigenvalue weighted by atomic mass is 10.1. The summed E-state index contributed by atoms with van der Waals surface area (Å²) in [6.07, 6.45) is 1.55. The van der Waals surface area contributed by atoms with Gasteiger partial charge in [0.1, 0.15) is 0 Å². The highest BCUT2D eigenvalue weighted by Gasteiger charge is 2.22. The lowest BCUT2D eigenvalue weighted by molar-refractivity contribution is 0.0722. The summed E-state index contributed by atoms with van der Waals surface area (Å²) in [5.74, 6) is 0.241. The van der Waals surface area contributed by atoms with E-state index in [1.54, 1.807) is 37.4 Å². The zero-order valence-electron chi connectivity index (χ0n) is 11.0. The van der Waals surface area contributed by atoms with Crippen LogP contribution in [0.3, 0.4) is 0 Å². The van der Waals surface area contributed by atoms with Gasteiger partial charge in [-0.15, -0.1) is 5.10 Å². The highest BCUT2D eigenvalue weighted by molar-refractivity contribution is 6.30. The van der Waals surface area contributed by atoms with Gasteiger partial charge in [0.15, 0.2) is 17.3 Å². The summed E-state index contributed by atoms with van der Waals surface area (Å²) in [5.41, 5.74) is 0.784. The number of aromatic amines is 1. The van der Waals surface area contributed by atoms with E-state index in [4.69, 9.17) is 20.8 Å². The van der Waals surface area contributed by atoms with Crippen LogP contribution in [-0.2, 0) is 0 Å². The predicted octanol–water partition coefficient (Wildman–Crippen LogP) is 3.25. The zero-order chi connectivity index (χ0) is 14.8. The van der Waals surface area contributed by atoms with E-state index in [2.05, 4.69) is 15.2 Å². The molecule has 0 unspecified atom stereocenters. The molecule has 6 nitrogen and oxygen atoms in total. The van der Waals surface area contributed by atoms with Crippen molar-refractivity contribution in [1.29, 1.82) is 0 Å². The van der Waals surface area contributed by atoms with Crippen molar-refractivity contribution in [2.45, 2.75) is 6.92 Å². The fraction of sp³-hybridized carbons (Fsp3) is 0.0714. The van der Waals surface area contributed by atoms with Crippen LogP contribution in [0.5, 0.6) is 5.88 Å². The van der Waals surface area contributed by atoms with E-state index in [1.807, 2.05) is 0 Å². The van der Waals surface area contributed by atoms with Gasteiger partial charge in [0.2, 0.25) is 5.88 Å². The number of carbonyl (C=O) groups excluding carboxylic acids is 1. The smallest absolute Gasteiger partial charge is 0.367 e. The molecule has 0 bridgehead atoms. The maximum Gasteiger partial charge on any atom is 0.367 e. The van der Waals surface area contributed by atoms with Crippen LogP contribution < -0.4 is 4.74 Å². The molecule has 0 aliphatic heterocycles. The summed E-state index contributed by atoms with van der Waals surface area (Å²) < 4.78 is 10.6. The van der Waals surface area contributed by atoms with Gasteiger partial charge in [-0.2, -0.15) is 0 Å². The second-order valence-electron chi connectivity index (χ2n) is 4.22. The molecule has 0 spiro atoms. The number of esters is 1. The van der Waals surface area contributed by atoms with Crippen LogP contribution in [-0.4, -0.2) is 21.2 Å². The maximum absolute atomic E-state index is 12.2. The number of benzene rings is 1. The summed E-state index contributed by atoms with van der Waals surface area (Å²) in [7, 11) is 0. The SMILES string of the molecule is Cc1nc(C(=O)Oc2cc[nH]n2)c(-c2ccc(Cl)cc2)o1. The van der Waals surface area contributed by atoms with E-state index < -0.39 is 5.97 Å². The van der Waals surface area contributed by atoms with E-state index in [0.717, 1.165) is 0 Å². The first-order valence-corrected chi connectivity index (χ1v) is 6.46. The molecular weight excluding hydrogens is 294 g/mol. The number of nitrogens with zero attached hydrogens (tertiary/aromatic N) is 2. The highest BCUT2D eigenvalue weighted by Crippen LogP contribution is 2.27. The van der Waals surface area contributed by atoms with E-state index in [9.17, 15) is 4.79 Å². The number of halogens is 1. The van der Waals surface area contributed by atoms with Gasteiger partial charge in [-0.25, -0.2) is 9.78 Å². The van der Waals surface area contributed by atoms with Crippen molar-refractivity contribution >= 4 is 17.6 Å². The lowest BCUT2D eigenvalue weighted by Gasteiger charge is -2.01.